The fourth-order valence-corrected chi connectivity index (χ4v) is 1.30. The average molecular weight is 234 g/mol. The van der Waals surface area contributed by atoms with Crippen LogP contribution >= 0.6 is 0 Å². The van der Waals surface area contributed by atoms with E-state index in [9.17, 15) is 4.79 Å². The van der Waals surface area contributed by atoms with Crippen LogP contribution in [0.5, 0.6) is 5.75 Å². The lowest BCUT2D eigenvalue weighted by Crippen LogP contribution is -2.01. The number of esters is 1. The molecule has 0 aliphatic carbocycles. The molecule has 0 atom stereocenters. The zero-order valence-electron chi connectivity index (χ0n) is 10.3. The molecule has 1 rings (SSSR count). The third kappa shape index (κ3) is 4.72. The number of allylic oxidation sites excluding steroid dienone is 1. The van der Waals surface area contributed by atoms with Crippen molar-refractivity contribution < 1.29 is 14.3 Å². The molecule has 0 saturated heterocycles. The van der Waals surface area contributed by atoms with Gasteiger partial charge in [0.15, 0.2) is 0 Å². The lowest BCUT2D eigenvalue weighted by atomic mass is 10.2. The molecule has 3 heteroatoms. The predicted molar refractivity (Wildman–Crippen MR) is 67.3 cm³/mol. The zero-order valence-corrected chi connectivity index (χ0v) is 10.3. The van der Waals surface area contributed by atoms with Gasteiger partial charge in [-0.3, -0.25) is 0 Å². The maximum Gasteiger partial charge on any atom is 0.337 e. The molecule has 0 N–H and O–H groups in total. The highest BCUT2D eigenvalue weighted by molar-refractivity contribution is 5.89. The van der Waals surface area contributed by atoms with Crippen molar-refractivity contribution in [3.8, 4) is 5.75 Å². The van der Waals surface area contributed by atoms with Crippen molar-refractivity contribution in [1.29, 1.82) is 0 Å². The number of ether oxygens (including phenoxy) is 2. The van der Waals surface area contributed by atoms with Crippen LogP contribution in [0.3, 0.4) is 0 Å². The molecule has 92 valence electrons. The maximum atomic E-state index is 11.2. The second kappa shape index (κ2) is 7.49. The van der Waals surface area contributed by atoms with Gasteiger partial charge >= 0.3 is 5.97 Å². The Bertz CT molecular complexity index is 366. The van der Waals surface area contributed by atoms with Crippen LogP contribution in [-0.2, 0) is 4.74 Å². The standard InChI is InChI=1S/C14H18O3/c1-3-4-5-6-11-17-13-9-7-12(8-10-13)14(15)16-2/h5-10H,3-4,11H2,1-2H3/b6-5+. The highest BCUT2D eigenvalue weighted by Crippen LogP contribution is 2.12. The van der Waals surface area contributed by atoms with E-state index in [0.29, 0.717) is 12.2 Å². The number of carbonyl (C=O) groups excluding carboxylic acids is 1. The predicted octanol–water partition coefficient (Wildman–Crippen LogP) is 3.21. The Hall–Kier alpha value is -1.77. The lowest BCUT2D eigenvalue weighted by molar-refractivity contribution is 0.0600. The van der Waals surface area contributed by atoms with Crippen LogP contribution in [0.15, 0.2) is 36.4 Å². The van der Waals surface area contributed by atoms with Crippen LogP contribution in [0.4, 0.5) is 0 Å². The fourth-order valence-electron chi connectivity index (χ4n) is 1.30. The Morgan fingerprint density at radius 3 is 2.53 bits per heavy atom. The number of hydrogen-bond donors (Lipinski definition) is 0. The minimum absolute atomic E-state index is 0.334. The van der Waals surface area contributed by atoms with Crippen LogP contribution < -0.4 is 4.74 Å². The first-order chi connectivity index (χ1) is 8.27. The van der Waals surface area contributed by atoms with E-state index in [-0.39, 0.29) is 5.97 Å². The Kier molecular flexibility index (Phi) is 5.86. The number of benzene rings is 1. The van der Waals surface area contributed by atoms with E-state index in [2.05, 4.69) is 17.7 Å². The first-order valence-electron chi connectivity index (χ1n) is 5.74. The third-order valence-corrected chi connectivity index (χ3v) is 2.24. The topological polar surface area (TPSA) is 35.5 Å². The van der Waals surface area contributed by atoms with Crippen LogP contribution in [-0.4, -0.2) is 19.7 Å². The quantitative estimate of drug-likeness (QED) is 0.560. The molecule has 3 nitrogen and oxygen atoms in total. The molecule has 0 heterocycles. The number of methoxy groups -OCH3 is 1. The summed E-state index contributed by atoms with van der Waals surface area (Å²) in [6, 6.07) is 6.91. The summed E-state index contributed by atoms with van der Waals surface area (Å²) in [4.78, 5) is 11.2. The summed E-state index contributed by atoms with van der Waals surface area (Å²) in [6.45, 7) is 2.69. The van der Waals surface area contributed by atoms with Crippen molar-refractivity contribution in [3.05, 3.63) is 42.0 Å². The number of carbonyl (C=O) groups is 1. The molecule has 1 aromatic rings. The van der Waals surface area contributed by atoms with Crippen LogP contribution in [0.1, 0.15) is 30.1 Å². The van der Waals surface area contributed by atoms with Crippen molar-refractivity contribution >= 4 is 5.97 Å². The van der Waals surface area contributed by atoms with Crippen LogP contribution in [0.2, 0.25) is 0 Å². The Labute approximate surface area is 102 Å². The van der Waals surface area contributed by atoms with Crippen molar-refractivity contribution in [2.45, 2.75) is 19.8 Å². The summed E-state index contributed by atoms with van der Waals surface area (Å²) in [5, 5.41) is 0. The van der Waals surface area contributed by atoms with Gasteiger partial charge in [0.25, 0.3) is 0 Å². The van der Waals surface area contributed by atoms with Crippen LogP contribution in [0.25, 0.3) is 0 Å². The van der Waals surface area contributed by atoms with E-state index in [1.54, 1.807) is 24.3 Å². The Morgan fingerprint density at radius 1 is 1.24 bits per heavy atom. The van der Waals surface area contributed by atoms with Gasteiger partial charge in [0.2, 0.25) is 0 Å². The number of unbranched alkanes of at least 4 members (excludes halogenated alkanes) is 1. The lowest BCUT2D eigenvalue weighted by Gasteiger charge is -2.04. The third-order valence-electron chi connectivity index (χ3n) is 2.24. The first kappa shape index (κ1) is 13.3. The molecule has 0 radical (unpaired) electrons. The fraction of sp³-hybridized carbons (Fsp3) is 0.357. The van der Waals surface area contributed by atoms with E-state index in [1.807, 2.05) is 6.08 Å². The van der Waals surface area contributed by atoms with Gasteiger partial charge in [0.05, 0.1) is 12.7 Å². The van der Waals surface area contributed by atoms with E-state index < -0.39 is 0 Å². The second-order valence-electron chi connectivity index (χ2n) is 3.59. The minimum atomic E-state index is -0.334. The highest BCUT2D eigenvalue weighted by Gasteiger charge is 2.03. The molecule has 1 aromatic carbocycles. The summed E-state index contributed by atoms with van der Waals surface area (Å²) in [6.07, 6.45) is 6.31. The van der Waals surface area contributed by atoms with Gasteiger partial charge in [-0.15, -0.1) is 0 Å². The molecule has 0 bridgehead atoms. The van der Waals surface area contributed by atoms with Gasteiger partial charge in [-0.05, 0) is 30.7 Å². The van der Waals surface area contributed by atoms with Crippen molar-refractivity contribution in [2.24, 2.45) is 0 Å². The molecule has 0 aliphatic rings. The van der Waals surface area contributed by atoms with Crippen molar-refractivity contribution in [1.82, 2.24) is 0 Å². The summed E-state index contributed by atoms with van der Waals surface area (Å²) in [7, 11) is 1.37. The normalized spacial score (nSPS) is 10.5. The number of rotatable bonds is 6. The zero-order chi connectivity index (χ0) is 12.5. The Balaban J connectivity index is 2.43. The summed E-state index contributed by atoms with van der Waals surface area (Å²) in [5.41, 5.74) is 0.529. The molecule has 0 unspecified atom stereocenters. The van der Waals surface area contributed by atoms with Crippen LogP contribution in [0, 0.1) is 0 Å². The summed E-state index contributed by atoms with van der Waals surface area (Å²) >= 11 is 0. The molecule has 0 fully saturated rings. The van der Waals surface area contributed by atoms with Crippen molar-refractivity contribution in [2.75, 3.05) is 13.7 Å². The minimum Gasteiger partial charge on any atom is -0.490 e. The smallest absolute Gasteiger partial charge is 0.337 e. The summed E-state index contributed by atoms with van der Waals surface area (Å²) in [5.74, 6) is 0.415. The van der Waals surface area contributed by atoms with E-state index in [1.165, 1.54) is 7.11 Å². The highest BCUT2D eigenvalue weighted by atomic mass is 16.5. The van der Waals surface area contributed by atoms with E-state index >= 15 is 0 Å². The van der Waals surface area contributed by atoms with Crippen molar-refractivity contribution in [3.63, 3.8) is 0 Å². The summed E-state index contributed by atoms with van der Waals surface area (Å²) < 4.78 is 10.1. The van der Waals surface area contributed by atoms with E-state index in [4.69, 9.17) is 4.74 Å². The van der Waals surface area contributed by atoms with Gasteiger partial charge in [0.1, 0.15) is 12.4 Å². The van der Waals surface area contributed by atoms with Gasteiger partial charge in [0, 0.05) is 0 Å². The molecule has 0 spiro atoms. The SMILES string of the molecule is CCC/C=C/COc1ccc(C(=O)OC)cc1. The van der Waals surface area contributed by atoms with E-state index in [0.717, 1.165) is 18.6 Å². The molecule has 0 saturated carbocycles. The van der Waals surface area contributed by atoms with Gasteiger partial charge in [-0.2, -0.15) is 0 Å². The molecule has 0 aliphatic heterocycles. The monoisotopic (exact) mass is 234 g/mol. The molecule has 17 heavy (non-hydrogen) atoms. The maximum absolute atomic E-state index is 11.2. The average Bonchev–Trinajstić information content (AvgIpc) is 2.38. The van der Waals surface area contributed by atoms with Gasteiger partial charge in [-0.1, -0.05) is 25.5 Å². The Morgan fingerprint density at radius 2 is 1.94 bits per heavy atom. The first-order valence-corrected chi connectivity index (χ1v) is 5.74. The molecule has 0 amide bonds. The molecule has 0 aromatic heterocycles. The van der Waals surface area contributed by atoms with Gasteiger partial charge < -0.3 is 9.47 Å². The number of hydrogen-bond acceptors (Lipinski definition) is 3. The molecular formula is C14H18O3. The largest absolute Gasteiger partial charge is 0.490 e. The van der Waals surface area contributed by atoms with Gasteiger partial charge in [-0.25, -0.2) is 4.79 Å². The second-order valence-corrected chi connectivity index (χ2v) is 3.59. The molecular weight excluding hydrogens is 216 g/mol.